The van der Waals surface area contributed by atoms with E-state index in [1.807, 2.05) is 13.0 Å². The average molecular weight is 234 g/mol. The van der Waals surface area contributed by atoms with Gasteiger partial charge in [-0.25, -0.2) is 9.99 Å². The van der Waals surface area contributed by atoms with Crippen LogP contribution in [0.1, 0.15) is 38.7 Å². The highest BCUT2D eigenvalue weighted by molar-refractivity contribution is 5.50. The number of pyridine rings is 1. The lowest BCUT2D eigenvalue weighted by Crippen LogP contribution is -2.47. The Labute approximate surface area is 103 Å². The molecular weight excluding hydrogens is 212 g/mol. The van der Waals surface area contributed by atoms with Gasteiger partial charge in [0.25, 0.3) is 0 Å². The van der Waals surface area contributed by atoms with Gasteiger partial charge in [0.2, 0.25) is 0 Å². The van der Waals surface area contributed by atoms with Gasteiger partial charge in [-0.05, 0) is 45.2 Å². The molecule has 1 aliphatic heterocycles. The summed E-state index contributed by atoms with van der Waals surface area (Å²) in [5, 5.41) is 2.31. The van der Waals surface area contributed by atoms with Crippen LogP contribution in [0.15, 0.2) is 12.3 Å². The third-order valence-corrected chi connectivity index (χ3v) is 3.59. The van der Waals surface area contributed by atoms with Gasteiger partial charge in [0.1, 0.15) is 5.82 Å². The van der Waals surface area contributed by atoms with E-state index in [4.69, 9.17) is 5.73 Å². The largest absolute Gasteiger partial charge is 0.397 e. The Morgan fingerprint density at radius 2 is 2.00 bits per heavy atom. The minimum atomic E-state index is 0.554. The number of nitrogens with one attached hydrogen (secondary N) is 1. The van der Waals surface area contributed by atoms with Crippen LogP contribution in [0.4, 0.5) is 11.5 Å². The number of aryl methyl sites for hydroxylation is 1. The molecule has 1 aromatic rings. The first-order valence-electron chi connectivity index (χ1n) is 6.35. The second-order valence-corrected chi connectivity index (χ2v) is 5.07. The Bertz CT molecular complexity index is 381. The van der Waals surface area contributed by atoms with Crippen LogP contribution in [0, 0.1) is 6.92 Å². The number of piperidine rings is 1. The molecule has 0 aromatic carbocycles. The molecule has 1 fully saturated rings. The van der Waals surface area contributed by atoms with Gasteiger partial charge in [-0.3, -0.25) is 0 Å². The van der Waals surface area contributed by atoms with Crippen molar-refractivity contribution in [3.63, 3.8) is 0 Å². The molecule has 0 radical (unpaired) electrons. The molecule has 2 atom stereocenters. The van der Waals surface area contributed by atoms with Gasteiger partial charge in [0, 0.05) is 12.1 Å². The normalized spacial score (nSPS) is 25.8. The number of nitrogens with two attached hydrogens (primary N) is 1. The maximum atomic E-state index is 5.77. The molecule has 0 amide bonds. The highest BCUT2D eigenvalue weighted by Crippen LogP contribution is 2.23. The molecule has 1 saturated heterocycles. The number of rotatable bonds is 2. The molecule has 2 heterocycles. The van der Waals surface area contributed by atoms with Gasteiger partial charge in [-0.2, -0.15) is 0 Å². The number of nitrogens with zero attached hydrogens (tertiary/aromatic N) is 2. The molecule has 1 aliphatic rings. The Morgan fingerprint density at radius 3 is 2.59 bits per heavy atom. The summed E-state index contributed by atoms with van der Waals surface area (Å²) >= 11 is 0. The first-order chi connectivity index (χ1) is 8.08. The van der Waals surface area contributed by atoms with Gasteiger partial charge in [-0.1, -0.05) is 6.42 Å². The van der Waals surface area contributed by atoms with Crippen LogP contribution in [-0.4, -0.2) is 22.1 Å². The highest BCUT2D eigenvalue weighted by atomic mass is 15.5. The van der Waals surface area contributed by atoms with Crippen molar-refractivity contribution in [2.24, 2.45) is 0 Å². The van der Waals surface area contributed by atoms with Crippen LogP contribution in [0.25, 0.3) is 0 Å². The van der Waals surface area contributed by atoms with Gasteiger partial charge in [-0.15, -0.1) is 0 Å². The van der Waals surface area contributed by atoms with Crippen LogP contribution in [0.2, 0.25) is 0 Å². The standard InChI is InChI=1S/C13H22N4/c1-9-7-13(15-8-12(9)14)16-17-10(2)5-4-6-11(17)3/h7-8,10-11H,4-6,14H2,1-3H3,(H,15,16). The summed E-state index contributed by atoms with van der Waals surface area (Å²) in [5.74, 6) is 0.886. The molecule has 4 nitrogen and oxygen atoms in total. The monoisotopic (exact) mass is 234 g/mol. The van der Waals surface area contributed by atoms with Gasteiger partial charge in [0.15, 0.2) is 0 Å². The van der Waals surface area contributed by atoms with Crippen molar-refractivity contribution >= 4 is 11.5 Å². The topological polar surface area (TPSA) is 54.2 Å². The van der Waals surface area contributed by atoms with Crippen molar-refractivity contribution in [3.8, 4) is 0 Å². The van der Waals surface area contributed by atoms with E-state index in [-0.39, 0.29) is 0 Å². The van der Waals surface area contributed by atoms with Crippen molar-refractivity contribution < 1.29 is 0 Å². The number of aromatic nitrogens is 1. The molecule has 0 saturated carbocycles. The maximum absolute atomic E-state index is 5.77. The van der Waals surface area contributed by atoms with Crippen molar-refractivity contribution in [1.82, 2.24) is 9.99 Å². The van der Waals surface area contributed by atoms with E-state index >= 15 is 0 Å². The lowest BCUT2D eigenvalue weighted by molar-refractivity contribution is 0.135. The molecule has 0 aliphatic carbocycles. The van der Waals surface area contributed by atoms with Gasteiger partial charge in [0.05, 0.1) is 11.9 Å². The molecule has 2 rings (SSSR count). The Hall–Kier alpha value is -1.29. The molecule has 0 spiro atoms. The summed E-state index contributed by atoms with van der Waals surface area (Å²) in [6.45, 7) is 6.52. The SMILES string of the molecule is Cc1cc(NN2C(C)CCCC2C)ncc1N. The fraction of sp³-hybridized carbons (Fsp3) is 0.615. The third-order valence-electron chi connectivity index (χ3n) is 3.59. The van der Waals surface area contributed by atoms with E-state index in [1.54, 1.807) is 6.20 Å². The number of nitrogen functional groups attached to an aromatic ring is 1. The fourth-order valence-electron chi connectivity index (χ4n) is 2.40. The zero-order valence-corrected chi connectivity index (χ0v) is 10.9. The van der Waals surface area contributed by atoms with E-state index in [0.717, 1.165) is 17.1 Å². The van der Waals surface area contributed by atoms with Crippen LogP contribution in [0.3, 0.4) is 0 Å². The Kier molecular flexibility index (Phi) is 3.52. The zero-order valence-electron chi connectivity index (χ0n) is 10.9. The summed E-state index contributed by atoms with van der Waals surface area (Å²) in [4.78, 5) is 4.32. The van der Waals surface area contributed by atoms with Crippen LogP contribution >= 0.6 is 0 Å². The minimum absolute atomic E-state index is 0.554. The summed E-state index contributed by atoms with van der Waals surface area (Å²) in [5.41, 5.74) is 11.0. The molecule has 0 bridgehead atoms. The predicted molar refractivity (Wildman–Crippen MR) is 71.6 cm³/mol. The van der Waals surface area contributed by atoms with E-state index in [0.29, 0.717) is 12.1 Å². The lowest BCUT2D eigenvalue weighted by Gasteiger charge is -2.39. The molecule has 2 unspecified atom stereocenters. The number of hydrogen-bond acceptors (Lipinski definition) is 4. The molecule has 3 N–H and O–H groups in total. The van der Waals surface area contributed by atoms with Crippen LogP contribution in [-0.2, 0) is 0 Å². The van der Waals surface area contributed by atoms with Crippen molar-refractivity contribution in [2.45, 2.75) is 52.1 Å². The molecule has 4 heteroatoms. The Balaban J connectivity index is 2.10. The average Bonchev–Trinajstić information content (AvgIpc) is 2.28. The molecule has 94 valence electrons. The second kappa shape index (κ2) is 4.92. The first kappa shape index (κ1) is 12.2. The van der Waals surface area contributed by atoms with Crippen molar-refractivity contribution in [2.75, 3.05) is 11.2 Å². The van der Waals surface area contributed by atoms with Crippen LogP contribution in [0.5, 0.6) is 0 Å². The summed E-state index contributed by atoms with van der Waals surface area (Å²) < 4.78 is 0. The van der Waals surface area contributed by atoms with E-state index in [1.165, 1.54) is 19.3 Å². The van der Waals surface area contributed by atoms with Gasteiger partial charge < -0.3 is 11.2 Å². The van der Waals surface area contributed by atoms with Crippen molar-refractivity contribution in [1.29, 1.82) is 0 Å². The van der Waals surface area contributed by atoms with E-state index in [9.17, 15) is 0 Å². The number of anilines is 2. The van der Waals surface area contributed by atoms with E-state index in [2.05, 4.69) is 29.3 Å². The Morgan fingerprint density at radius 1 is 1.35 bits per heavy atom. The number of hydrazine groups is 1. The second-order valence-electron chi connectivity index (χ2n) is 5.07. The first-order valence-corrected chi connectivity index (χ1v) is 6.35. The lowest BCUT2D eigenvalue weighted by atomic mass is 10.00. The fourth-order valence-corrected chi connectivity index (χ4v) is 2.40. The molecule has 1 aromatic heterocycles. The summed E-state index contributed by atoms with van der Waals surface area (Å²) in [6.07, 6.45) is 5.52. The quantitative estimate of drug-likeness (QED) is 0.825. The summed E-state index contributed by atoms with van der Waals surface area (Å²) in [7, 11) is 0. The van der Waals surface area contributed by atoms with Crippen LogP contribution < -0.4 is 11.2 Å². The molecule has 17 heavy (non-hydrogen) atoms. The zero-order chi connectivity index (χ0) is 12.4. The maximum Gasteiger partial charge on any atom is 0.140 e. The number of hydrogen-bond donors (Lipinski definition) is 2. The summed E-state index contributed by atoms with van der Waals surface area (Å²) in [6, 6.07) is 3.11. The highest BCUT2D eigenvalue weighted by Gasteiger charge is 2.24. The minimum Gasteiger partial charge on any atom is -0.397 e. The van der Waals surface area contributed by atoms with E-state index < -0.39 is 0 Å². The van der Waals surface area contributed by atoms with Crippen molar-refractivity contribution in [3.05, 3.63) is 17.8 Å². The smallest absolute Gasteiger partial charge is 0.140 e. The predicted octanol–water partition coefficient (Wildman–Crippen LogP) is 2.56. The molecular formula is C13H22N4. The third kappa shape index (κ3) is 2.69. The van der Waals surface area contributed by atoms with Gasteiger partial charge >= 0.3 is 0 Å².